The molecule has 5 heterocycles. The van der Waals surface area contributed by atoms with Gasteiger partial charge in [-0.1, -0.05) is 127 Å². The summed E-state index contributed by atoms with van der Waals surface area (Å²) in [6.07, 6.45) is 4.67. The lowest BCUT2D eigenvalue weighted by atomic mass is 9.99. The summed E-state index contributed by atoms with van der Waals surface area (Å²) in [4.78, 5) is 94.9. The van der Waals surface area contributed by atoms with Crippen LogP contribution in [-0.4, -0.2) is 82.1 Å². The molecule has 4 N–H and O–H groups in total. The first-order valence-corrected chi connectivity index (χ1v) is 34.7. The van der Waals surface area contributed by atoms with E-state index in [0.29, 0.717) is 89.1 Å². The van der Waals surface area contributed by atoms with Gasteiger partial charge >= 0.3 is 0 Å². The van der Waals surface area contributed by atoms with Crippen molar-refractivity contribution in [1.82, 2.24) is 19.4 Å². The molecule has 0 radical (unpaired) electrons. The molecule has 15 rings (SSSR count). The minimum absolute atomic E-state index is 0.0198. The van der Waals surface area contributed by atoms with E-state index in [1.54, 1.807) is 85.8 Å². The number of nitrogens with zero attached hydrogens (tertiary/aromatic N) is 6. The highest BCUT2D eigenvalue weighted by Gasteiger charge is 2.31. The van der Waals surface area contributed by atoms with Crippen LogP contribution in [0, 0.1) is 33.5 Å². The number of aromatic amines is 1. The van der Waals surface area contributed by atoms with Crippen LogP contribution >= 0.6 is 0 Å². The summed E-state index contributed by atoms with van der Waals surface area (Å²) in [5.74, 6) is -0.547. The van der Waals surface area contributed by atoms with Crippen LogP contribution in [0.3, 0.4) is 0 Å². The van der Waals surface area contributed by atoms with Crippen LogP contribution in [0.4, 0.5) is 38.5 Å². The van der Waals surface area contributed by atoms with E-state index >= 15 is 0 Å². The Morgan fingerprint density at radius 3 is 1.73 bits per heavy atom. The Morgan fingerprint density at radius 2 is 1.04 bits per heavy atom. The minimum atomic E-state index is -0.461. The zero-order valence-electron chi connectivity index (χ0n) is 58.8. The Hall–Kier alpha value is -12.6. The molecule has 0 saturated carbocycles. The van der Waals surface area contributed by atoms with Gasteiger partial charge in [0.2, 0.25) is 0 Å². The van der Waals surface area contributed by atoms with Crippen LogP contribution in [0.25, 0.3) is 22.4 Å². The lowest BCUT2D eigenvalue weighted by Crippen LogP contribution is -2.32. The van der Waals surface area contributed by atoms with E-state index in [9.17, 15) is 33.2 Å². The second-order valence-corrected chi connectivity index (χ2v) is 26.4. The normalized spacial score (nSPS) is 13.4. The first-order chi connectivity index (χ1) is 50.4. The van der Waals surface area contributed by atoms with Gasteiger partial charge in [0.15, 0.2) is 0 Å². The van der Waals surface area contributed by atoms with Crippen molar-refractivity contribution in [2.24, 2.45) is 0 Å². The number of imidazole rings is 1. The first kappa shape index (κ1) is 69.9. The van der Waals surface area contributed by atoms with Gasteiger partial charge in [0, 0.05) is 117 Å². The second kappa shape index (κ2) is 31.1. The van der Waals surface area contributed by atoms with Gasteiger partial charge in [-0.2, -0.15) is 0 Å². The number of para-hydroxylation sites is 3. The molecule has 0 spiro atoms. The Kier molecular flexibility index (Phi) is 20.9. The molecule has 0 aliphatic carbocycles. The number of anilines is 6. The number of aryl methyl sites for hydroxylation is 4. The number of carbonyl (C=O) groups excluding carboxylic acids is 6. The van der Waals surface area contributed by atoms with Crippen molar-refractivity contribution in [3.05, 3.63) is 339 Å². The van der Waals surface area contributed by atoms with E-state index in [1.807, 2.05) is 193 Å². The second-order valence-electron chi connectivity index (χ2n) is 26.4. The fraction of sp³-hybridized carbons (Fsp3) is 0.161. The van der Waals surface area contributed by atoms with E-state index in [-0.39, 0.29) is 35.1 Å². The molecule has 12 aromatic rings. The molecule has 0 saturated heterocycles. The maximum Gasteiger partial charge on any atom is 0.258 e. The Bertz CT molecular complexity index is 5200. The van der Waals surface area contributed by atoms with Crippen molar-refractivity contribution >= 4 is 69.6 Å². The van der Waals surface area contributed by atoms with Gasteiger partial charge in [0.05, 0.1) is 17.9 Å². The third kappa shape index (κ3) is 15.3. The summed E-state index contributed by atoms with van der Waals surface area (Å²) >= 11 is 0. The lowest BCUT2D eigenvalue weighted by Gasteiger charge is -2.27. The zero-order valence-corrected chi connectivity index (χ0v) is 58.8. The molecule has 17 heteroatoms. The number of benzene rings is 10. The van der Waals surface area contributed by atoms with Gasteiger partial charge in [-0.15, -0.1) is 0 Å². The summed E-state index contributed by atoms with van der Waals surface area (Å²) in [5, 5.41) is 8.71. The Labute approximate surface area is 604 Å². The molecule has 104 heavy (non-hydrogen) atoms. The number of fused-ring (bicyclic) bond motifs is 6. The van der Waals surface area contributed by atoms with E-state index in [2.05, 4.69) is 55.5 Å². The molecule has 3 aliphatic heterocycles. The van der Waals surface area contributed by atoms with Crippen molar-refractivity contribution in [2.75, 3.05) is 57.8 Å². The minimum Gasteiger partial charge on any atom is -0.346 e. The summed E-state index contributed by atoms with van der Waals surface area (Å²) in [5.41, 5.74) is 18.2. The highest BCUT2D eigenvalue weighted by Crippen LogP contribution is 2.39. The Balaban J connectivity index is 0.000000139. The smallest absolute Gasteiger partial charge is 0.258 e. The van der Waals surface area contributed by atoms with Crippen molar-refractivity contribution in [2.45, 2.75) is 66.1 Å². The summed E-state index contributed by atoms with van der Waals surface area (Å²) in [7, 11) is 4.17. The molecule has 520 valence electrons. The van der Waals surface area contributed by atoms with Crippen LogP contribution in [-0.2, 0) is 19.5 Å². The van der Waals surface area contributed by atoms with Crippen molar-refractivity contribution in [1.29, 1.82) is 0 Å². The predicted octanol–water partition coefficient (Wildman–Crippen LogP) is 17.5. The number of H-pyrrole nitrogens is 1. The molecule has 1 atom stereocenters. The standard InChI is InChI=1S/C32H26N4O2.C28H24FN3O2.C27H29N3O2/c1-21-33-28-19-20-36(29-14-8-7-13-27(29)30(28)34-21)32(38)23-15-17-24(18-16-23)35-31(37)26-12-6-5-11-25(26)22-9-3-2-4-10-22;1-18-9-10-21(29)15-25(18)27(33)30-22-11-12-24(19(2)14-22)28(34)32-17-23-7-5-13-31(23)16-20-6-3-4-8-26(20)32;1-19-9-4-5-10-22(19)26(31)28-21-16-14-20(15-17-21)27(32)30-18-8-13-24(29(2)3)23-11-6-7-12-25(23)30/h2-18H,19-20H2,1H3,(H,33,34)(H,35,37);3-15H,16-17H2,1-2H3,(H,30,33);4-7,9-12,14-17,24H,8,13,18H2,1-3H3,(H,28,31). The molecule has 0 fully saturated rings. The molecule has 16 nitrogen and oxygen atoms in total. The largest absolute Gasteiger partial charge is 0.346 e. The topological polar surface area (TPSA) is 185 Å². The predicted molar refractivity (Wildman–Crippen MR) is 411 cm³/mol. The van der Waals surface area contributed by atoms with Gasteiger partial charge in [-0.25, -0.2) is 9.37 Å². The van der Waals surface area contributed by atoms with Crippen LogP contribution < -0.4 is 30.7 Å². The lowest BCUT2D eigenvalue weighted by molar-refractivity contribution is 0.0977. The molecule has 1 unspecified atom stereocenters. The molecular weight excluding hydrogens is 1300 g/mol. The molecule has 10 aromatic carbocycles. The number of rotatable bonds is 11. The average molecular weight is 1380 g/mol. The van der Waals surface area contributed by atoms with Gasteiger partial charge in [0.1, 0.15) is 11.6 Å². The van der Waals surface area contributed by atoms with Crippen LogP contribution in [0.5, 0.6) is 0 Å². The summed E-state index contributed by atoms with van der Waals surface area (Å²) in [6, 6.07) is 76.7. The number of amides is 6. The fourth-order valence-corrected chi connectivity index (χ4v) is 13.8. The van der Waals surface area contributed by atoms with Crippen LogP contribution in [0.1, 0.15) is 126 Å². The number of aromatic nitrogens is 3. The molecule has 6 amide bonds. The summed E-state index contributed by atoms with van der Waals surface area (Å²) in [6.45, 7) is 9.88. The van der Waals surface area contributed by atoms with E-state index in [4.69, 9.17) is 0 Å². The highest BCUT2D eigenvalue weighted by atomic mass is 19.1. The summed E-state index contributed by atoms with van der Waals surface area (Å²) < 4.78 is 15.8. The number of halogens is 1. The number of hydrogen-bond donors (Lipinski definition) is 4. The number of nitrogens with one attached hydrogen (secondary N) is 4. The SMILES string of the molecule is Cc1ccc(F)cc1C(=O)Nc1ccc(C(=O)N2Cc3cccn3Cc3ccccc32)c(C)c1.Cc1ccccc1C(=O)Nc1ccc(C(=O)N2CCCC(N(C)C)c3ccccc32)cc1.Cc1nc2c([nH]1)CCN(C(=O)c1ccc(NC(=O)c3ccccc3-c3ccccc3)cc1)c1ccccc1-2. The first-order valence-electron chi connectivity index (χ1n) is 34.7. The van der Waals surface area contributed by atoms with Crippen molar-refractivity contribution in [3.8, 4) is 22.4 Å². The molecule has 2 aromatic heterocycles. The van der Waals surface area contributed by atoms with Gasteiger partial charge in [-0.05, 0) is 215 Å². The van der Waals surface area contributed by atoms with Crippen molar-refractivity contribution < 1.29 is 33.2 Å². The maximum atomic E-state index is 13.7. The zero-order chi connectivity index (χ0) is 72.5. The maximum absolute atomic E-state index is 13.7. The molecule has 0 bridgehead atoms. The quantitative estimate of drug-likeness (QED) is 0.0985. The molecular formula is C87H79FN10O6. The fourth-order valence-electron chi connectivity index (χ4n) is 13.8. The molecule has 3 aliphatic rings. The number of carbonyl (C=O) groups is 6. The third-order valence-corrected chi connectivity index (χ3v) is 19.2. The van der Waals surface area contributed by atoms with E-state index < -0.39 is 11.7 Å². The monoisotopic (exact) mass is 1380 g/mol. The average Bonchev–Trinajstić information content (AvgIpc) is 1.60. The van der Waals surface area contributed by atoms with Crippen molar-refractivity contribution in [3.63, 3.8) is 0 Å². The number of hydrogen-bond acceptors (Lipinski definition) is 8. The van der Waals surface area contributed by atoms with Crippen LogP contribution in [0.15, 0.2) is 255 Å². The van der Waals surface area contributed by atoms with Gasteiger partial charge in [0.25, 0.3) is 35.4 Å². The third-order valence-electron chi connectivity index (χ3n) is 19.2. The van der Waals surface area contributed by atoms with E-state index in [1.165, 1.54) is 17.7 Å². The Morgan fingerprint density at radius 1 is 0.471 bits per heavy atom. The highest BCUT2D eigenvalue weighted by molar-refractivity contribution is 6.12. The van der Waals surface area contributed by atoms with Gasteiger partial charge < -0.3 is 45.1 Å². The van der Waals surface area contributed by atoms with E-state index in [0.717, 1.165) is 86.2 Å². The van der Waals surface area contributed by atoms with Gasteiger partial charge in [-0.3, -0.25) is 28.8 Å². The van der Waals surface area contributed by atoms with Crippen LogP contribution in [0.2, 0.25) is 0 Å².